The first-order valence-electron chi connectivity index (χ1n) is 6.59. The van der Waals surface area contributed by atoms with Gasteiger partial charge in [-0.15, -0.1) is 0 Å². The van der Waals surface area contributed by atoms with Crippen molar-refractivity contribution in [2.75, 3.05) is 13.7 Å². The molecule has 0 unspecified atom stereocenters. The van der Waals surface area contributed by atoms with Gasteiger partial charge >= 0.3 is 0 Å². The lowest BCUT2D eigenvalue weighted by Crippen LogP contribution is -2.31. The molecule has 0 fully saturated rings. The average Bonchev–Trinajstić information content (AvgIpc) is 3.03. The van der Waals surface area contributed by atoms with E-state index in [1.165, 1.54) is 0 Å². The lowest BCUT2D eigenvalue weighted by Gasteiger charge is -2.18. The molecule has 0 bridgehead atoms. The summed E-state index contributed by atoms with van der Waals surface area (Å²) in [5.41, 5.74) is 1.05. The monoisotopic (exact) mass is 294 g/mol. The van der Waals surface area contributed by atoms with Crippen LogP contribution < -0.4 is 0 Å². The van der Waals surface area contributed by atoms with Crippen molar-refractivity contribution < 1.29 is 18.6 Å². The third kappa shape index (κ3) is 3.27. The SMILES string of the molecule is CCN(Cc1nc(COC)no1)C(=O)c1c(C)noc1C. The van der Waals surface area contributed by atoms with Crippen LogP contribution in [0.4, 0.5) is 0 Å². The topological polar surface area (TPSA) is 94.5 Å². The minimum atomic E-state index is -0.166. The Labute approximate surface area is 122 Å². The largest absolute Gasteiger partial charge is 0.377 e. The maximum Gasteiger partial charge on any atom is 0.259 e. The first kappa shape index (κ1) is 15.2. The number of hydrogen-bond acceptors (Lipinski definition) is 7. The van der Waals surface area contributed by atoms with E-state index in [0.717, 1.165) is 0 Å². The van der Waals surface area contributed by atoms with Gasteiger partial charge in [0.2, 0.25) is 5.89 Å². The van der Waals surface area contributed by atoms with Crippen molar-refractivity contribution in [2.24, 2.45) is 0 Å². The molecule has 2 aromatic rings. The van der Waals surface area contributed by atoms with Crippen LogP contribution in [0.25, 0.3) is 0 Å². The van der Waals surface area contributed by atoms with Crippen LogP contribution in [0.3, 0.4) is 0 Å². The van der Waals surface area contributed by atoms with Crippen LogP contribution in [0.1, 0.15) is 40.5 Å². The molecule has 0 aliphatic heterocycles. The summed E-state index contributed by atoms with van der Waals surface area (Å²) in [4.78, 5) is 18.3. The van der Waals surface area contributed by atoms with E-state index < -0.39 is 0 Å². The number of carbonyl (C=O) groups is 1. The van der Waals surface area contributed by atoms with E-state index in [1.54, 1.807) is 25.9 Å². The predicted molar refractivity (Wildman–Crippen MR) is 71.4 cm³/mol. The van der Waals surface area contributed by atoms with Crippen molar-refractivity contribution in [3.8, 4) is 0 Å². The van der Waals surface area contributed by atoms with E-state index in [-0.39, 0.29) is 19.1 Å². The molecule has 0 spiro atoms. The van der Waals surface area contributed by atoms with Crippen molar-refractivity contribution >= 4 is 5.91 Å². The molecule has 2 aromatic heterocycles. The van der Waals surface area contributed by atoms with E-state index in [2.05, 4.69) is 15.3 Å². The molecule has 2 rings (SSSR count). The zero-order valence-corrected chi connectivity index (χ0v) is 12.5. The van der Waals surface area contributed by atoms with Gasteiger partial charge in [0.1, 0.15) is 24.5 Å². The number of aromatic nitrogens is 3. The zero-order valence-electron chi connectivity index (χ0n) is 12.5. The summed E-state index contributed by atoms with van der Waals surface area (Å²) >= 11 is 0. The molecule has 0 N–H and O–H groups in total. The molecule has 0 saturated heterocycles. The Bertz CT molecular complexity index is 600. The molecule has 21 heavy (non-hydrogen) atoms. The second kappa shape index (κ2) is 6.49. The summed E-state index contributed by atoms with van der Waals surface area (Å²) in [6.07, 6.45) is 0. The Morgan fingerprint density at radius 1 is 1.29 bits per heavy atom. The van der Waals surface area contributed by atoms with Crippen LogP contribution in [0.15, 0.2) is 9.05 Å². The quantitative estimate of drug-likeness (QED) is 0.796. The molecule has 2 heterocycles. The number of hydrogen-bond donors (Lipinski definition) is 0. The maximum atomic E-state index is 12.5. The van der Waals surface area contributed by atoms with Gasteiger partial charge in [0, 0.05) is 13.7 Å². The number of carbonyl (C=O) groups excluding carboxylic acids is 1. The smallest absolute Gasteiger partial charge is 0.259 e. The van der Waals surface area contributed by atoms with Crippen LogP contribution in [0, 0.1) is 13.8 Å². The molecule has 0 radical (unpaired) electrons. The van der Waals surface area contributed by atoms with Crippen LogP contribution in [0.2, 0.25) is 0 Å². The highest BCUT2D eigenvalue weighted by Gasteiger charge is 2.24. The summed E-state index contributed by atoms with van der Waals surface area (Å²) < 4.78 is 15.1. The number of methoxy groups -OCH3 is 1. The molecule has 8 heteroatoms. The summed E-state index contributed by atoms with van der Waals surface area (Å²) in [5.74, 6) is 1.15. The molecule has 1 amide bonds. The van der Waals surface area contributed by atoms with Crippen molar-refractivity contribution in [3.05, 3.63) is 28.7 Å². The zero-order chi connectivity index (χ0) is 15.4. The molecule has 0 aliphatic rings. The minimum Gasteiger partial charge on any atom is -0.377 e. The van der Waals surface area contributed by atoms with E-state index >= 15 is 0 Å². The Morgan fingerprint density at radius 2 is 2.05 bits per heavy atom. The van der Waals surface area contributed by atoms with Gasteiger partial charge in [-0.1, -0.05) is 10.3 Å². The van der Waals surface area contributed by atoms with Gasteiger partial charge in [0.05, 0.1) is 5.69 Å². The lowest BCUT2D eigenvalue weighted by atomic mass is 10.2. The van der Waals surface area contributed by atoms with E-state index in [4.69, 9.17) is 13.8 Å². The number of aryl methyl sites for hydroxylation is 2. The van der Waals surface area contributed by atoms with Gasteiger partial charge in [-0.05, 0) is 20.8 Å². The Balaban J connectivity index is 2.14. The third-order valence-corrected chi connectivity index (χ3v) is 3.03. The van der Waals surface area contributed by atoms with E-state index in [9.17, 15) is 4.79 Å². The highest BCUT2D eigenvalue weighted by atomic mass is 16.5. The van der Waals surface area contributed by atoms with Crippen LogP contribution >= 0.6 is 0 Å². The first-order chi connectivity index (χ1) is 10.1. The van der Waals surface area contributed by atoms with Crippen molar-refractivity contribution in [1.29, 1.82) is 0 Å². The normalized spacial score (nSPS) is 10.9. The van der Waals surface area contributed by atoms with Gasteiger partial charge in [-0.3, -0.25) is 4.79 Å². The fourth-order valence-corrected chi connectivity index (χ4v) is 1.98. The Kier molecular flexibility index (Phi) is 4.69. The molecule has 0 saturated carbocycles. The molecule has 0 aromatic carbocycles. The third-order valence-electron chi connectivity index (χ3n) is 3.03. The van der Waals surface area contributed by atoms with Gasteiger partial charge in [-0.25, -0.2) is 0 Å². The molecule has 114 valence electrons. The van der Waals surface area contributed by atoms with Crippen LogP contribution in [0.5, 0.6) is 0 Å². The van der Waals surface area contributed by atoms with Gasteiger partial charge < -0.3 is 18.7 Å². The molecular weight excluding hydrogens is 276 g/mol. The maximum absolute atomic E-state index is 12.5. The van der Waals surface area contributed by atoms with Crippen LogP contribution in [-0.2, 0) is 17.9 Å². The standard InChI is InChI=1S/C13H18N4O4/c1-5-17(6-11-14-10(7-19-4)16-21-11)13(18)12-8(2)15-20-9(12)3/h5-7H2,1-4H3. The fourth-order valence-electron chi connectivity index (χ4n) is 1.98. The van der Waals surface area contributed by atoms with Crippen molar-refractivity contribution in [1.82, 2.24) is 20.2 Å². The summed E-state index contributed by atoms with van der Waals surface area (Å²) in [6, 6.07) is 0. The summed E-state index contributed by atoms with van der Waals surface area (Å²) in [5, 5.41) is 7.57. The summed E-state index contributed by atoms with van der Waals surface area (Å²) in [7, 11) is 1.55. The highest BCUT2D eigenvalue weighted by Crippen LogP contribution is 2.16. The fraction of sp³-hybridized carbons (Fsp3) is 0.538. The van der Waals surface area contributed by atoms with Gasteiger partial charge in [-0.2, -0.15) is 4.98 Å². The number of nitrogens with zero attached hydrogens (tertiary/aromatic N) is 4. The number of ether oxygens (including phenoxy) is 1. The van der Waals surface area contributed by atoms with Crippen LogP contribution in [-0.4, -0.2) is 39.8 Å². The molecule has 0 aliphatic carbocycles. The number of rotatable bonds is 6. The number of amides is 1. The lowest BCUT2D eigenvalue weighted by molar-refractivity contribution is 0.0732. The highest BCUT2D eigenvalue weighted by molar-refractivity contribution is 5.96. The van der Waals surface area contributed by atoms with E-state index in [0.29, 0.717) is 35.3 Å². The second-order valence-corrected chi connectivity index (χ2v) is 4.56. The van der Waals surface area contributed by atoms with E-state index in [1.807, 2.05) is 6.92 Å². The Hall–Kier alpha value is -2.22. The minimum absolute atomic E-state index is 0.166. The van der Waals surface area contributed by atoms with Gasteiger partial charge in [0.25, 0.3) is 5.91 Å². The predicted octanol–water partition coefficient (Wildman–Crippen LogP) is 1.48. The molecular formula is C13H18N4O4. The molecule has 0 atom stereocenters. The average molecular weight is 294 g/mol. The molecule has 8 nitrogen and oxygen atoms in total. The van der Waals surface area contributed by atoms with Gasteiger partial charge in [0.15, 0.2) is 5.82 Å². The van der Waals surface area contributed by atoms with Crippen molar-refractivity contribution in [3.63, 3.8) is 0 Å². The second-order valence-electron chi connectivity index (χ2n) is 4.56. The van der Waals surface area contributed by atoms with Crippen molar-refractivity contribution in [2.45, 2.75) is 33.9 Å². The Morgan fingerprint density at radius 3 is 2.62 bits per heavy atom. The first-order valence-corrected chi connectivity index (χ1v) is 6.59. The summed E-state index contributed by atoms with van der Waals surface area (Å²) in [6.45, 7) is 6.34.